The van der Waals surface area contributed by atoms with Crippen LogP contribution in [0.2, 0.25) is 0 Å². The number of aliphatic hydroxyl groups is 1. The minimum Gasteiger partial charge on any atom is -0.385 e. The number of carbonyl (C=O) groups is 3. The normalized spacial score (nSPS) is 18.0. The molecule has 1 atom stereocenters. The number of hydrogen-bond donors (Lipinski definition) is 3. The van der Waals surface area contributed by atoms with Crippen LogP contribution in [0.25, 0.3) is 0 Å². The Hall–Kier alpha value is -3.40. The van der Waals surface area contributed by atoms with Gasteiger partial charge in [0.15, 0.2) is 5.78 Å². The molecule has 0 spiro atoms. The molecule has 2 amide bonds. The Morgan fingerprint density at radius 1 is 1.26 bits per heavy atom. The fourth-order valence-electron chi connectivity index (χ4n) is 4.45. The van der Waals surface area contributed by atoms with Crippen molar-refractivity contribution in [2.24, 2.45) is 5.92 Å². The number of anilines is 1. The highest BCUT2D eigenvalue weighted by atomic mass is 19.1. The molecule has 4 rings (SSSR count). The molecular weight excluding hydrogens is 453 g/mol. The van der Waals surface area contributed by atoms with Crippen molar-refractivity contribution >= 4 is 23.3 Å². The molecule has 3 N–H and O–H groups in total. The average molecular weight is 484 g/mol. The van der Waals surface area contributed by atoms with Gasteiger partial charge in [0, 0.05) is 25.8 Å². The van der Waals surface area contributed by atoms with Crippen LogP contribution in [0.15, 0.2) is 30.7 Å². The van der Waals surface area contributed by atoms with E-state index in [9.17, 15) is 23.9 Å². The van der Waals surface area contributed by atoms with E-state index in [4.69, 9.17) is 0 Å². The van der Waals surface area contributed by atoms with Crippen LogP contribution in [0, 0.1) is 18.7 Å². The SMILES string of the molecule is Cc1ncncc1C(=O)NC1(C(=O)NCC2CCN(c3cccc(F)c3C(=O)C(C)O)CC2)CC1. The molecule has 10 heteroatoms. The Bertz CT molecular complexity index is 1130. The van der Waals surface area contributed by atoms with E-state index in [0.29, 0.717) is 49.4 Å². The molecule has 1 aliphatic carbocycles. The van der Waals surface area contributed by atoms with Crippen LogP contribution in [0.3, 0.4) is 0 Å². The maximum atomic E-state index is 14.4. The molecule has 2 heterocycles. The van der Waals surface area contributed by atoms with Gasteiger partial charge in [-0.3, -0.25) is 14.4 Å². The van der Waals surface area contributed by atoms with Crippen LogP contribution in [0.5, 0.6) is 0 Å². The average Bonchev–Trinajstić information content (AvgIpc) is 3.63. The van der Waals surface area contributed by atoms with Gasteiger partial charge >= 0.3 is 0 Å². The number of nitrogens with zero attached hydrogens (tertiary/aromatic N) is 3. The number of nitrogens with one attached hydrogen (secondary N) is 2. The quantitative estimate of drug-likeness (QED) is 0.489. The number of amides is 2. The number of piperidine rings is 1. The molecule has 35 heavy (non-hydrogen) atoms. The molecule has 186 valence electrons. The monoisotopic (exact) mass is 483 g/mol. The second-order valence-electron chi connectivity index (χ2n) is 9.37. The van der Waals surface area contributed by atoms with Gasteiger partial charge in [-0.15, -0.1) is 0 Å². The Kier molecular flexibility index (Phi) is 7.11. The molecule has 0 radical (unpaired) electrons. The molecule has 9 nitrogen and oxygen atoms in total. The molecule has 1 aliphatic heterocycles. The van der Waals surface area contributed by atoms with E-state index < -0.39 is 23.2 Å². The fraction of sp³-hybridized carbons (Fsp3) is 0.480. The number of ketones is 1. The summed E-state index contributed by atoms with van der Waals surface area (Å²) in [5, 5.41) is 15.5. The summed E-state index contributed by atoms with van der Waals surface area (Å²) in [6, 6.07) is 4.47. The first-order valence-corrected chi connectivity index (χ1v) is 11.8. The molecule has 1 unspecified atom stereocenters. The molecule has 0 bridgehead atoms. The van der Waals surface area contributed by atoms with Crippen LogP contribution >= 0.6 is 0 Å². The van der Waals surface area contributed by atoms with Crippen molar-refractivity contribution in [2.75, 3.05) is 24.5 Å². The van der Waals surface area contributed by atoms with Gasteiger partial charge in [-0.05, 0) is 57.6 Å². The zero-order valence-corrected chi connectivity index (χ0v) is 19.9. The number of aromatic nitrogens is 2. The third-order valence-corrected chi connectivity index (χ3v) is 6.82. The highest BCUT2D eigenvalue weighted by Crippen LogP contribution is 2.36. The smallest absolute Gasteiger partial charge is 0.255 e. The second kappa shape index (κ2) is 10.1. The minimum absolute atomic E-state index is 0.0836. The van der Waals surface area contributed by atoms with Gasteiger partial charge < -0.3 is 20.6 Å². The van der Waals surface area contributed by atoms with E-state index >= 15 is 0 Å². The van der Waals surface area contributed by atoms with Crippen LogP contribution < -0.4 is 15.5 Å². The van der Waals surface area contributed by atoms with Gasteiger partial charge in [0.05, 0.1) is 22.5 Å². The van der Waals surface area contributed by atoms with Crippen molar-refractivity contribution in [1.82, 2.24) is 20.6 Å². The molecule has 1 aromatic carbocycles. The van der Waals surface area contributed by atoms with Crippen molar-refractivity contribution in [3.8, 4) is 0 Å². The summed E-state index contributed by atoms with van der Waals surface area (Å²) < 4.78 is 14.4. The predicted molar refractivity (Wildman–Crippen MR) is 127 cm³/mol. The zero-order chi connectivity index (χ0) is 25.2. The van der Waals surface area contributed by atoms with Crippen LogP contribution in [0.1, 0.15) is 59.0 Å². The Morgan fingerprint density at radius 3 is 2.60 bits per heavy atom. The molecule has 2 aliphatic rings. The molecule has 2 fully saturated rings. The van der Waals surface area contributed by atoms with E-state index in [0.717, 1.165) is 12.8 Å². The van der Waals surface area contributed by atoms with E-state index in [2.05, 4.69) is 20.6 Å². The molecule has 1 saturated heterocycles. The van der Waals surface area contributed by atoms with E-state index in [1.165, 1.54) is 25.5 Å². The lowest BCUT2D eigenvalue weighted by Crippen LogP contribution is -2.50. The van der Waals surface area contributed by atoms with Crippen LogP contribution in [-0.2, 0) is 4.79 Å². The van der Waals surface area contributed by atoms with Crippen molar-refractivity contribution in [3.05, 3.63) is 53.4 Å². The predicted octanol–water partition coefficient (Wildman–Crippen LogP) is 1.78. The number of benzene rings is 1. The van der Waals surface area contributed by atoms with E-state index in [1.54, 1.807) is 19.1 Å². The summed E-state index contributed by atoms with van der Waals surface area (Å²) in [4.78, 5) is 47.7. The van der Waals surface area contributed by atoms with Crippen molar-refractivity contribution in [2.45, 2.75) is 51.2 Å². The lowest BCUT2D eigenvalue weighted by Gasteiger charge is -2.35. The molecule has 1 saturated carbocycles. The van der Waals surface area contributed by atoms with Gasteiger partial charge in [-0.1, -0.05) is 6.07 Å². The summed E-state index contributed by atoms with van der Waals surface area (Å²) in [6.45, 7) is 4.71. The first kappa shape index (κ1) is 24.7. The second-order valence-corrected chi connectivity index (χ2v) is 9.37. The zero-order valence-electron chi connectivity index (χ0n) is 19.9. The summed E-state index contributed by atoms with van der Waals surface area (Å²) in [6.07, 6.45) is 4.19. The maximum Gasteiger partial charge on any atom is 0.255 e. The van der Waals surface area contributed by atoms with E-state index in [1.807, 2.05) is 4.90 Å². The Labute approximate surface area is 203 Å². The topological polar surface area (TPSA) is 125 Å². The Balaban J connectivity index is 1.31. The number of carbonyl (C=O) groups excluding carboxylic acids is 3. The van der Waals surface area contributed by atoms with Gasteiger partial charge in [-0.25, -0.2) is 14.4 Å². The lowest BCUT2D eigenvalue weighted by atomic mass is 9.94. The molecular formula is C25H30FN5O4. The standard InChI is InChI=1S/C25H30FN5O4/c1-15-18(13-27-14-29-15)23(34)30-25(8-9-25)24(35)28-12-17-6-10-31(11-7-17)20-5-3-4-19(26)21(20)22(33)16(2)32/h3-5,13-14,16-17,32H,6-12H2,1-2H3,(H,28,35)(H,30,34). The third kappa shape index (κ3) is 5.32. The summed E-state index contributed by atoms with van der Waals surface area (Å²) in [5.41, 5.74) is 0.414. The van der Waals surface area contributed by atoms with E-state index in [-0.39, 0.29) is 23.3 Å². The lowest BCUT2D eigenvalue weighted by molar-refractivity contribution is -0.124. The number of hydrogen-bond acceptors (Lipinski definition) is 7. The highest BCUT2D eigenvalue weighted by Gasteiger charge is 2.51. The number of aliphatic hydroxyl groups excluding tert-OH is 1. The highest BCUT2D eigenvalue weighted by molar-refractivity contribution is 6.04. The molecule has 2 aromatic rings. The first-order chi connectivity index (χ1) is 16.7. The van der Waals surface area contributed by atoms with Gasteiger partial charge in [0.2, 0.25) is 5.91 Å². The summed E-state index contributed by atoms with van der Waals surface area (Å²) >= 11 is 0. The maximum absolute atomic E-state index is 14.4. The third-order valence-electron chi connectivity index (χ3n) is 6.82. The fourth-order valence-corrected chi connectivity index (χ4v) is 4.45. The van der Waals surface area contributed by atoms with Crippen molar-refractivity contribution < 1.29 is 23.9 Å². The Morgan fingerprint density at radius 2 is 1.97 bits per heavy atom. The summed E-state index contributed by atoms with van der Waals surface area (Å²) in [5.74, 6) is -1.62. The van der Waals surface area contributed by atoms with Crippen LogP contribution in [-0.4, -0.2) is 63.9 Å². The van der Waals surface area contributed by atoms with Crippen LogP contribution in [0.4, 0.5) is 10.1 Å². The van der Waals surface area contributed by atoms with Gasteiger partial charge in [0.25, 0.3) is 5.91 Å². The minimum atomic E-state index is -1.29. The first-order valence-electron chi connectivity index (χ1n) is 11.8. The number of Topliss-reactive ketones (excluding diaryl/α,β-unsaturated/α-hetero) is 1. The van der Waals surface area contributed by atoms with Crippen molar-refractivity contribution in [1.29, 1.82) is 0 Å². The number of halogens is 1. The van der Waals surface area contributed by atoms with Crippen molar-refractivity contribution in [3.63, 3.8) is 0 Å². The van der Waals surface area contributed by atoms with Gasteiger partial charge in [0.1, 0.15) is 23.8 Å². The number of rotatable bonds is 8. The largest absolute Gasteiger partial charge is 0.385 e. The molecule has 1 aromatic heterocycles. The summed E-state index contributed by atoms with van der Waals surface area (Å²) in [7, 11) is 0. The number of aryl methyl sites for hydroxylation is 1. The van der Waals surface area contributed by atoms with Gasteiger partial charge in [-0.2, -0.15) is 0 Å².